The predicted octanol–water partition coefficient (Wildman–Crippen LogP) is 1.29. The predicted molar refractivity (Wildman–Crippen MR) is 78.9 cm³/mol. The Morgan fingerprint density at radius 2 is 2.05 bits per heavy atom. The molecule has 1 amide bonds. The molecule has 1 aromatic rings. The van der Waals surface area contributed by atoms with E-state index in [1.807, 2.05) is 32.8 Å². The minimum absolute atomic E-state index is 0.115. The van der Waals surface area contributed by atoms with E-state index in [-0.39, 0.29) is 17.8 Å². The van der Waals surface area contributed by atoms with E-state index in [1.54, 1.807) is 11.9 Å². The topological polar surface area (TPSA) is 71.7 Å². The molecule has 7 heteroatoms. The van der Waals surface area contributed by atoms with Gasteiger partial charge in [0.25, 0.3) is 5.91 Å². The van der Waals surface area contributed by atoms with Gasteiger partial charge in [0.1, 0.15) is 10.7 Å². The van der Waals surface area contributed by atoms with Gasteiger partial charge >= 0.3 is 0 Å². The lowest BCUT2D eigenvalue weighted by molar-refractivity contribution is 0.0535. The maximum Gasteiger partial charge on any atom is 0.267 e. The van der Waals surface area contributed by atoms with E-state index >= 15 is 0 Å². The van der Waals surface area contributed by atoms with Crippen LogP contribution in [0.5, 0.6) is 0 Å². The third kappa shape index (κ3) is 4.36. The second-order valence-corrected chi connectivity index (χ2v) is 5.73. The summed E-state index contributed by atoms with van der Waals surface area (Å²) in [5, 5.41) is 0.729. The maximum absolute atomic E-state index is 12.2. The highest BCUT2D eigenvalue weighted by atomic mass is 32.1. The molecule has 1 aromatic heterocycles. The molecular formula is C12H22N4O2S. The van der Waals surface area contributed by atoms with Gasteiger partial charge in [0.15, 0.2) is 5.13 Å². The highest BCUT2D eigenvalue weighted by molar-refractivity contribution is 7.18. The number of nitrogen functional groups attached to an aromatic ring is 1. The number of nitrogens with zero attached hydrogens (tertiary/aromatic N) is 3. The number of anilines is 2. The van der Waals surface area contributed by atoms with Crippen LogP contribution in [0.4, 0.5) is 10.9 Å². The zero-order chi connectivity index (χ0) is 14.6. The lowest BCUT2D eigenvalue weighted by Crippen LogP contribution is -2.30. The number of nitrogens with two attached hydrogens (primary N) is 1. The quantitative estimate of drug-likeness (QED) is 0.853. The molecule has 0 bridgehead atoms. The summed E-state index contributed by atoms with van der Waals surface area (Å²) in [5.41, 5.74) is 5.79. The van der Waals surface area contributed by atoms with Crippen molar-refractivity contribution in [2.75, 3.05) is 44.9 Å². The Balaban J connectivity index is 2.66. The Kier molecular flexibility index (Phi) is 5.56. The summed E-state index contributed by atoms with van der Waals surface area (Å²) in [6.07, 6.45) is 0.164. The summed E-state index contributed by atoms with van der Waals surface area (Å²) in [4.78, 5) is 20.3. The summed E-state index contributed by atoms with van der Waals surface area (Å²) < 4.78 is 5.43. The number of hydrogen-bond donors (Lipinski definition) is 1. The molecule has 1 rings (SSSR count). The van der Waals surface area contributed by atoms with Crippen molar-refractivity contribution in [3.05, 3.63) is 4.88 Å². The molecule has 0 aliphatic rings. The molecular weight excluding hydrogens is 264 g/mol. The molecule has 0 aliphatic heterocycles. The standard InChI is InChI=1S/C12H22N4O2S/c1-8(2)18-7-6-16(5)11(17)9-10(13)14-12(19-9)15(3)4/h8H,6-7,13H2,1-5H3. The fourth-order valence-electron chi connectivity index (χ4n) is 1.36. The summed E-state index contributed by atoms with van der Waals surface area (Å²) in [6.45, 7) is 4.98. The zero-order valence-electron chi connectivity index (χ0n) is 12.1. The first kappa shape index (κ1) is 15.7. The van der Waals surface area contributed by atoms with Crippen LogP contribution in [0, 0.1) is 0 Å². The molecule has 0 unspecified atom stereocenters. The molecule has 0 saturated carbocycles. The highest BCUT2D eigenvalue weighted by Crippen LogP contribution is 2.27. The van der Waals surface area contributed by atoms with Gasteiger partial charge in [0.05, 0.1) is 12.7 Å². The van der Waals surface area contributed by atoms with E-state index in [2.05, 4.69) is 4.98 Å². The SMILES string of the molecule is CC(C)OCCN(C)C(=O)c1sc(N(C)C)nc1N. The third-order valence-electron chi connectivity index (χ3n) is 2.44. The van der Waals surface area contributed by atoms with Crippen molar-refractivity contribution in [1.82, 2.24) is 9.88 Å². The molecule has 0 fully saturated rings. The molecule has 0 spiro atoms. The Bertz CT molecular complexity index is 431. The molecule has 1 heterocycles. The molecule has 19 heavy (non-hydrogen) atoms. The molecule has 6 nitrogen and oxygen atoms in total. The number of likely N-dealkylation sites (N-methyl/N-ethyl adjacent to an activating group) is 1. The number of carbonyl (C=O) groups is 1. The number of hydrogen-bond acceptors (Lipinski definition) is 6. The van der Waals surface area contributed by atoms with Crippen LogP contribution in [0.3, 0.4) is 0 Å². The summed E-state index contributed by atoms with van der Waals surface area (Å²) in [7, 11) is 5.47. The van der Waals surface area contributed by atoms with E-state index < -0.39 is 0 Å². The van der Waals surface area contributed by atoms with Gasteiger partial charge in [-0.3, -0.25) is 4.79 Å². The minimum Gasteiger partial charge on any atom is -0.382 e. The van der Waals surface area contributed by atoms with Crippen LogP contribution in [-0.4, -0.2) is 56.2 Å². The number of aromatic nitrogens is 1. The van der Waals surface area contributed by atoms with Crippen molar-refractivity contribution in [2.45, 2.75) is 20.0 Å². The van der Waals surface area contributed by atoms with Crippen molar-refractivity contribution in [2.24, 2.45) is 0 Å². The molecule has 108 valence electrons. The van der Waals surface area contributed by atoms with Gasteiger partial charge in [-0.2, -0.15) is 0 Å². The Morgan fingerprint density at radius 3 is 2.53 bits per heavy atom. The smallest absolute Gasteiger partial charge is 0.267 e. The number of rotatable bonds is 6. The lowest BCUT2D eigenvalue weighted by atomic mass is 10.4. The van der Waals surface area contributed by atoms with Crippen LogP contribution in [0.1, 0.15) is 23.5 Å². The van der Waals surface area contributed by atoms with E-state index in [0.29, 0.717) is 18.0 Å². The van der Waals surface area contributed by atoms with Crippen molar-refractivity contribution in [1.29, 1.82) is 0 Å². The molecule has 0 radical (unpaired) electrons. The maximum atomic E-state index is 12.2. The number of ether oxygens (including phenoxy) is 1. The van der Waals surface area contributed by atoms with E-state index in [1.165, 1.54) is 11.3 Å². The first-order valence-electron chi connectivity index (χ1n) is 6.13. The fourth-order valence-corrected chi connectivity index (χ4v) is 2.27. The average molecular weight is 286 g/mol. The van der Waals surface area contributed by atoms with Gasteiger partial charge in [-0.1, -0.05) is 11.3 Å². The van der Waals surface area contributed by atoms with Crippen molar-refractivity contribution >= 4 is 28.2 Å². The molecule has 0 aliphatic carbocycles. The Morgan fingerprint density at radius 1 is 1.42 bits per heavy atom. The molecule has 0 atom stereocenters. The zero-order valence-corrected chi connectivity index (χ0v) is 13.0. The van der Waals surface area contributed by atoms with E-state index in [0.717, 1.165) is 5.13 Å². The second kappa shape index (κ2) is 6.72. The van der Waals surface area contributed by atoms with Crippen molar-refractivity contribution < 1.29 is 9.53 Å². The number of carbonyl (C=O) groups excluding carboxylic acids is 1. The van der Waals surface area contributed by atoms with Crippen molar-refractivity contribution in [3.8, 4) is 0 Å². The lowest BCUT2D eigenvalue weighted by Gasteiger charge is -2.17. The van der Waals surface area contributed by atoms with E-state index in [9.17, 15) is 4.79 Å². The first-order valence-corrected chi connectivity index (χ1v) is 6.95. The van der Waals surface area contributed by atoms with Crippen molar-refractivity contribution in [3.63, 3.8) is 0 Å². The number of amides is 1. The number of thiazole rings is 1. The monoisotopic (exact) mass is 286 g/mol. The Labute approximate surface area is 118 Å². The van der Waals surface area contributed by atoms with Crippen LogP contribution in [0.25, 0.3) is 0 Å². The van der Waals surface area contributed by atoms with Gasteiger partial charge in [0, 0.05) is 27.7 Å². The normalized spacial score (nSPS) is 10.8. The fraction of sp³-hybridized carbons (Fsp3) is 0.667. The van der Waals surface area contributed by atoms with Gasteiger partial charge in [-0.15, -0.1) is 0 Å². The van der Waals surface area contributed by atoms with E-state index in [4.69, 9.17) is 10.5 Å². The second-order valence-electron chi connectivity index (χ2n) is 4.75. The molecule has 0 aromatic carbocycles. The summed E-state index contributed by atoms with van der Waals surface area (Å²) in [5.74, 6) is 0.172. The Hall–Kier alpha value is -1.34. The van der Waals surface area contributed by atoms with Crippen LogP contribution in [0.2, 0.25) is 0 Å². The largest absolute Gasteiger partial charge is 0.382 e. The van der Waals surface area contributed by atoms with Crippen LogP contribution >= 0.6 is 11.3 Å². The van der Waals surface area contributed by atoms with Gasteiger partial charge < -0.3 is 20.3 Å². The molecule has 0 saturated heterocycles. The third-order valence-corrected chi connectivity index (χ3v) is 3.67. The van der Waals surface area contributed by atoms with Gasteiger partial charge in [0.2, 0.25) is 0 Å². The van der Waals surface area contributed by atoms with Gasteiger partial charge in [-0.05, 0) is 13.8 Å². The molecule has 2 N–H and O–H groups in total. The average Bonchev–Trinajstić information content (AvgIpc) is 2.70. The minimum atomic E-state index is -0.115. The van der Waals surface area contributed by atoms with Crippen LogP contribution < -0.4 is 10.6 Å². The van der Waals surface area contributed by atoms with Crippen LogP contribution in [0.15, 0.2) is 0 Å². The first-order chi connectivity index (χ1) is 8.82. The summed E-state index contributed by atoms with van der Waals surface area (Å²) >= 11 is 1.30. The van der Waals surface area contributed by atoms with Crippen LogP contribution in [-0.2, 0) is 4.74 Å². The van der Waals surface area contributed by atoms with Gasteiger partial charge in [-0.25, -0.2) is 4.98 Å². The summed E-state index contributed by atoms with van der Waals surface area (Å²) in [6, 6.07) is 0. The highest BCUT2D eigenvalue weighted by Gasteiger charge is 2.20.